The van der Waals surface area contributed by atoms with Crippen molar-refractivity contribution >= 4 is 42.0 Å². The van der Waals surface area contributed by atoms with E-state index in [1.165, 1.54) is 19.9 Å². The van der Waals surface area contributed by atoms with Crippen LogP contribution in [0.1, 0.15) is 103 Å². The highest BCUT2D eigenvalue weighted by atomic mass is 16.6. The molecule has 0 aliphatic carbocycles. The summed E-state index contributed by atoms with van der Waals surface area (Å²) in [7, 11) is 1.56. The second-order valence-electron chi connectivity index (χ2n) is 16.2. The van der Waals surface area contributed by atoms with E-state index in [1.807, 2.05) is 38.1 Å². The van der Waals surface area contributed by atoms with E-state index in [2.05, 4.69) is 0 Å². The number of phenolic OH excluding ortho intramolecular Hbond substituents is 2. The average Bonchev–Trinajstić information content (AvgIpc) is 3.36. The van der Waals surface area contributed by atoms with E-state index < -0.39 is 87.5 Å². The van der Waals surface area contributed by atoms with E-state index >= 15 is 0 Å². The fourth-order valence-electron chi connectivity index (χ4n) is 7.34. The van der Waals surface area contributed by atoms with Gasteiger partial charge in [-0.2, -0.15) is 0 Å². The molecule has 6 N–H and O–H groups in total. The highest BCUT2D eigenvalue weighted by Crippen LogP contribution is 2.50. The fourth-order valence-corrected chi connectivity index (χ4v) is 7.34. The summed E-state index contributed by atoms with van der Waals surface area (Å²) < 4.78 is 33.3. The molecule has 3 aliphatic heterocycles. The number of methoxy groups -OCH3 is 1. The number of rotatable bonds is 10. The lowest BCUT2D eigenvalue weighted by Gasteiger charge is -2.37. The zero-order valence-corrected chi connectivity index (χ0v) is 36.1. The van der Waals surface area contributed by atoms with E-state index in [0.717, 1.165) is 11.6 Å². The maximum Gasteiger partial charge on any atom is 0.347 e. The molecular weight excluding hydrogens is 852 g/mol. The summed E-state index contributed by atoms with van der Waals surface area (Å²) in [6, 6.07) is 7.86. The van der Waals surface area contributed by atoms with Crippen molar-refractivity contribution in [3.8, 4) is 51.7 Å². The van der Waals surface area contributed by atoms with Crippen LogP contribution in [-0.4, -0.2) is 91.0 Å². The summed E-state index contributed by atoms with van der Waals surface area (Å²) in [6.07, 6.45) is 4.90. The maximum atomic E-state index is 13.1. The summed E-state index contributed by atoms with van der Waals surface area (Å²) in [5, 5.41) is 59.7. The third-order valence-electron chi connectivity index (χ3n) is 10.8. The van der Waals surface area contributed by atoms with Crippen molar-refractivity contribution in [3.63, 3.8) is 0 Å². The van der Waals surface area contributed by atoms with Crippen molar-refractivity contribution in [2.24, 2.45) is 0 Å². The summed E-state index contributed by atoms with van der Waals surface area (Å²) >= 11 is 0. The van der Waals surface area contributed by atoms with E-state index in [0.29, 0.717) is 46.9 Å². The Morgan fingerprint density at radius 1 is 0.892 bits per heavy atom. The molecule has 0 saturated carbocycles. The first-order valence-corrected chi connectivity index (χ1v) is 19.7. The van der Waals surface area contributed by atoms with Gasteiger partial charge in [0.15, 0.2) is 29.3 Å². The number of Topliss-reactive ketones (excluding diaryl/α,β-unsaturated/α-hetero) is 1. The summed E-state index contributed by atoms with van der Waals surface area (Å²) in [5.41, 5.74) is -0.583. The molecular formula is C47H44O18. The van der Waals surface area contributed by atoms with Crippen LogP contribution >= 0.6 is 0 Å². The Morgan fingerprint density at radius 2 is 1.60 bits per heavy atom. The van der Waals surface area contributed by atoms with E-state index in [-0.39, 0.29) is 52.2 Å². The van der Waals surface area contributed by atoms with Gasteiger partial charge in [0.05, 0.1) is 35.5 Å². The van der Waals surface area contributed by atoms with Crippen LogP contribution < -0.4 is 23.7 Å². The van der Waals surface area contributed by atoms with Crippen LogP contribution in [0.15, 0.2) is 48.6 Å². The molecule has 3 aliphatic rings. The quantitative estimate of drug-likeness (QED) is 0.0334. The number of aliphatic carboxylic acids is 1. The normalized spacial score (nSPS) is 15.9. The monoisotopic (exact) mass is 896 g/mol. The number of aryl methyl sites for hydroxylation is 1. The van der Waals surface area contributed by atoms with Gasteiger partial charge in [0.2, 0.25) is 0 Å². The lowest BCUT2D eigenvalue weighted by molar-refractivity contribution is -0.139. The van der Waals surface area contributed by atoms with Crippen molar-refractivity contribution < 1.29 is 87.8 Å². The lowest BCUT2D eigenvalue weighted by atomic mass is 9.89. The van der Waals surface area contributed by atoms with Gasteiger partial charge in [0.1, 0.15) is 63.4 Å². The van der Waals surface area contributed by atoms with Crippen LogP contribution in [0.5, 0.6) is 51.7 Å². The number of carboxylic acids is 2. The first-order chi connectivity index (χ1) is 30.5. The van der Waals surface area contributed by atoms with Gasteiger partial charge in [-0.3, -0.25) is 9.59 Å². The standard InChI is InChI=1S/C25H28O6.C22H16O12/c1-24(2)9-8-16-20(30-24)7-6-14(23(16)29-5)11-18(26)17-10-15-12-22(28)25(3,4)31-21(15)13-19(17)27;1-8-5-12(24)10(6-23)19-15(8)22(31)34-20-11(7-32-14(27)4-3-13(25)26)17(28)16(21(29)30)9(2)18(20)33-19/h6-10,13,22,27-28H,11-12H2,1-5H3;3-6,24,28H,7H2,1-2H3,(H,25,26)(H,29,30). The number of carboxylic acid groups (broad SMARTS) is 2. The molecule has 18 nitrogen and oxygen atoms in total. The van der Waals surface area contributed by atoms with Gasteiger partial charge in [-0.15, -0.1) is 0 Å². The maximum absolute atomic E-state index is 13.1. The first kappa shape index (κ1) is 46.6. The molecule has 0 saturated heterocycles. The van der Waals surface area contributed by atoms with Gasteiger partial charge in [0, 0.05) is 42.2 Å². The molecule has 4 aromatic rings. The van der Waals surface area contributed by atoms with E-state index in [4.69, 9.17) is 33.5 Å². The number of aromatic hydroxyl groups is 3. The summed E-state index contributed by atoms with van der Waals surface area (Å²) in [4.78, 5) is 71.7. The molecule has 340 valence electrons. The SMILES string of the molecule is COc1c(CC(=O)c2cc3c(cc2O)OC(C)(C)C(O)C3)ccc2c1C=CC(C)(C)O2.Cc1cc(O)c(C=O)c2c1C(=O)Oc1c(COC(=O)C=CC(=O)O)c(O)c(C(=O)O)c(C)c1O2. The molecule has 3 heterocycles. The number of ether oxygens (including phenoxy) is 6. The van der Waals surface area contributed by atoms with Gasteiger partial charge < -0.3 is 59.1 Å². The number of hydrogen-bond donors (Lipinski definition) is 6. The molecule has 0 spiro atoms. The number of benzene rings is 4. The topological polar surface area (TPSA) is 279 Å². The Balaban J connectivity index is 0.000000216. The van der Waals surface area contributed by atoms with Crippen molar-refractivity contribution in [2.45, 2.75) is 78.3 Å². The second-order valence-corrected chi connectivity index (χ2v) is 16.2. The molecule has 1 atom stereocenters. The predicted octanol–water partition coefficient (Wildman–Crippen LogP) is 6.32. The van der Waals surface area contributed by atoms with Crippen LogP contribution in [-0.2, 0) is 33.8 Å². The number of hydrogen-bond acceptors (Lipinski definition) is 16. The average molecular weight is 897 g/mol. The third kappa shape index (κ3) is 9.28. The number of aliphatic hydroxyl groups is 1. The smallest absolute Gasteiger partial charge is 0.347 e. The van der Waals surface area contributed by atoms with Crippen molar-refractivity contribution in [2.75, 3.05) is 7.11 Å². The molecule has 0 radical (unpaired) electrons. The number of ketones is 1. The van der Waals surface area contributed by atoms with Gasteiger partial charge in [-0.1, -0.05) is 6.07 Å². The Kier molecular flexibility index (Phi) is 12.7. The van der Waals surface area contributed by atoms with Crippen LogP contribution in [0.4, 0.5) is 0 Å². The molecule has 18 heteroatoms. The van der Waals surface area contributed by atoms with Crippen LogP contribution in [0.3, 0.4) is 0 Å². The molecule has 1 unspecified atom stereocenters. The minimum absolute atomic E-state index is 0.0505. The highest BCUT2D eigenvalue weighted by molar-refractivity contribution is 6.03. The van der Waals surface area contributed by atoms with Crippen molar-refractivity contribution in [3.05, 3.63) is 104 Å². The number of carbonyl (C=O) groups excluding carboxylic acids is 4. The highest BCUT2D eigenvalue weighted by Gasteiger charge is 2.38. The van der Waals surface area contributed by atoms with E-state index in [1.54, 1.807) is 27.0 Å². The predicted molar refractivity (Wildman–Crippen MR) is 227 cm³/mol. The van der Waals surface area contributed by atoms with Gasteiger partial charge >= 0.3 is 23.9 Å². The Bertz CT molecular complexity index is 2760. The number of fused-ring (bicyclic) bond motifs is 4. The fraction of sp³-hybridized carbons (Fsp3) is 0.277. The number of esters is 2. The van der Waals surface area contributed by atoms with Crippen molar-refractivity contribution in [1.29, 1.82) is 0 Å². The van der Waals surface area contributed by atoms with Crippen LogP contribution in [0.2, 0.25) is 0 Å². The largest absolute Gasteiger partial charge is 0.507 e. The van der Waals surface area contributed by atoms with Gasteiger partial charge in [0.25, 0.3) is 0 Å². The molecule has 0 aromatic heterocycles. The molecule has 4 aromatic carbocycles. The zero-order valence-electron chi connectivity index (χ0n) is 36.1. The number of phenols is 3. The summed E-state index contributed by atoms with van der Waals surface area (Å²) in [5.74, 6) is -6.54. The number of aromatic carboxylic acids is 1. The Morgan fingerprint density at radius 3 is 2.25 bits per heavy atom. The Labute approximate surface area is 370 Å². The molecule has 0 fully saturated rings. The molecule has 7 rings (SSSR count). The first-order valence-electron chi connectivity index (χ1n) is 19.7. The molecule has 0 amide bonds. The molecule has 0 bridgehead atoms. The number of carbonyl (C=O) groups is 6. The number of aliphatic hydroxyl groups excluding tert-OH is 1. The number of aldehydes is 1. The van der Waals surface area contributed by atoms with Gasteiger partial charge in [-0.25, -0.2) is 19.2 Å². The van der Waals surface area contributed by atoms with E-state index in [9.17, 15) is 54.3 Å². The second kappa shape index (κ2) is 17.7. The minimum atomic E-state index is -1.60. The third-order valence-corrected chi connectivity index (χ3v) is 10.8. The van der Waals surface area contributed by atoms with Crippen LogP contribution in [0, 0.1) is 13.8 Å². The minimum Gasteiger partial charge on any atom is -0.507 e. The molecule has 65 heavy (non-hydrogen) atoms. The summed E-state index contributed by atoms with van der Waals surface area (Å²) in [6.45, 7) is 9.35. The Hall–Kier alpha value is -7.86. The lowest BCUT2D eigenvalue weighted by Crippen LogP contribution is -2.46. The zero-order chi connectivity index (χ0) is 47.9. The van der Waals surface area contributed by atoms with Crippen LogP contribution in [0.25, 0.3) is 6.08 Å². The van der Waals surface area contributed by atoms with Gasteiger partial charge in [-0.05, 0) is 83.0 Å². The van der Waals surface area contributed by atoms with Crippen molar-refractivity contribution in [1.82, 2.24) is 0 Å².